The Balaban J connectivity index is 1.49. The van der Waals surface area contributed by atoms with Crippen LogP contribution in [0, 0.1) is 0 Å². The molecule has 0 spiro atoms. The third-order valence-electron chi connectivity index (χ3n) is 3.84. The number of phenols is 1. The average molecular weight is 408 g/mol. The Hall–Kier alpha value is -3.58. The number of phenolic OH excluding ortho intramolecular Hbond substituents is 1. The fourth-order valence-corrected chi connectivity index (χ4v) is 2.67. The molecule has 0 aliphatic heterocycles. The van der Waals surface area contributed by atoms with Gasteiger partial charge in [0.1, 0.15) is 30.5 Å². The molecule has 0 aliphatic carbocycles. The number of rotatable bonds is 7. The zero-order chi connectivity index (χ0) is 20.5. The second-order valence-corrected chi connectivity index (χ2v) is 6.37. The molecule has 6 nitrogen and oxygen atoms in total. The number of carbonyl (C=O) groups is 1. The SMILES string of the molecule is O=C(NC(=S)Nc1ccccc1O)c1cccc(OCCOc2ccccc2)c1. The van der Waals surface area contributed by atoms with E-state index in [4.69, 9.17) is 21.7 Å². The second kappa shape index (κ2) is 10.1. The Morgan fingerprint density at radius 3 is 2.28 bits per heavy atom. The van der Waals surface area contributed by atoms with Crippen LogP contribution in [0.5, 0.6) is 17.2 Å². The lowest BCUT2D eigenvalue weighted by Crippen LogP contribution is -2.34. The Morgan fingerprint density at radius 2 is 1.52 bits per heavy atom. The fraction of sp³-hybridized carbons (Fsp3) is 0.0909. The molecule has 3 aromatic rings. The minimum Gasteiger partial charge on any atom is -0.506 e. The molecule has 0 atom stereocenters. The first-order chi connectivity index (χ1) is 14.1. The molecule has 29 heavy (non-hydrogen) atoms. The fourth-order valence-electron chi connectivity index (χ4n) is 2.47. The number of amides is 1. The zero-order valence-corrected chi connectivity index (χ0v) is 16.3. The number of ether oxygens (including phenoxy) is 2. The van der Waals surface area contributed by atoms with E-state index in [9.17, 15) is 9.90 Å². The summed E-state index contributed by atoms with van der Waals surface area (Å²) >= 11 is 5.13. The summed E-state index contributed by atoms with van der Waals surface area (Å²) in [6.07, 6.45) is 0. The lowest BCUT2D eigenvalue weighted by atomic mass is 10.2. The van der Waals surface area contributed by atoms with Crippen LogP contribution in [-0.2, 0) is 0 Å². The molecule has 0 fully saturated rings. The first-order valence-electron chi connectivity index (χ1n) is 8.93. The lowest BCUT2D eigenvalue weighted by molar-refractivity contribution is 0.0977. The summed E-state index contributed by atoms with van der Waals surface area (Å²) in [6.45, 7) is 0.724. The van der Waals surface area contributed by atoms with Gasteiger partial charge in [-0.25, -0.2) is 0 Å². The van der Waals surface area contributed by atoms with Crippen molar-refractivity contribution in [3.63, 3.8) is 0 Å². The van der Waals surface area contributed by atoms with E-state index in [1.54, 1.807) is 42.5 Å². The minimum atomic E-state index is -0.385. The van der Waals surface area contributed by atoms with Crippen LogP contribution in [-0.4, -0.2) is 29.3 Å². The summed E-state index contributed by atoms with van der Waals surface area (Å²) < 4.78 is 11.2. The van der Waals surface area contributed by atoms with E-state index < -0.39 is 0 Å². The van der Waals surface area contributed by atoms with E-state index in [-0.39, 0.29) is 16.8 Å². The summed E-state index contributed by atoms with van der Waals surface area (Å²) in [7, 11) is 0. The van der Waals surface area contributed by atoms with Crippen molar-refractivity contribution in [3.8, 4) is 17.2 Å². The van der Waals surface area contributed by atoms with E-state index in [1.165, 1.54) is 6.07 Å². The molecule has 0 aliphatic rings. The first kappa shape index (κ1) is 20.2. The smallest absolute Gasteiger partial charge is 0.257 e. The maximum Gasteiger partial charge on any atom is 0.257 e. The number of hydrogen-bond acceptors (Lipinski definition) is 5. The highest BCUT2D eigenvalue weighted by atomic mass is 32.1. The van der Waals surface area contributed by atoms with Crippen molar-refractivity contribution in [1.29, 1.82) is 0 Å². The van der Waals surface area contributed by atoms with Gasteiger partial charge in [-0.2, -0.15) is 0 Å². The van der Waals surface area contributed by atoms with E-state index in [1.807, 2.05) is 30.3 Å². The zero-order valence-electron chi connectivity index (χ0n) is 15.5. The number of para-hydroxylation sites is 3. The predicted molar refractivity (Wildman–Crippen MR) is 116 cm³/mol. The predicted octanol–water partition coefficient (Wildman–Crippen LogP) is 3.98. The van der Waals surface area contributed by atoms with Crippen molar-refractivity contribution in [2.45, 2.75) is 0 Å². The van der Waals surface area contributed by atoms with Gasteiger partial charge in [-0.05, 0) is 54.7 Å². The number of benzene rings is 3. The molecule has 0 radical (unpaired) electrons. The summed E-state index contributed by atoms with van der Waals surface area (Å²) in [4.78, 5) is 12.4. The third kappa shape index (κ3) is 6.22. The number of hydrogen-bond donors (Lipinski definition) is 3. The highest BCUT2D eigenvalue weighted by molar-refractivity contribution is 7.80. The maximum atomic E-state index is 12.4. The van der Waals surface area contributed by atoms with Crippen molar-refractivity contribution in [3.05, 3.63) is 84.4 Å². The molecule has 148 valence electrons. The van der Waals surface area contributed by atoms with Gasteiger partial charge in [0.25, 0.3) is 5.91 Å². The Labute approximate surface area is 174 Å². The second-order valence-electron chi connectivity index (χ2n) is 5.96. The van der Waals surface area contributed by atoms with Gasteiger partial charge in [0.05, 0.1) is 5.69 Å². The first-order valence-corrected chi connectivity index (χ1v) is 9.34. The van der Waals surface area contributed by atoms with Crippen LogP contribution >= 0.6 is 12.2 Å². The Morgan fingerprint density at radius 1 is 0.862 bits per heavy atom. The van der Waals surface area contributed by atoms with Gasteiger partial charge >= 0.3 is 0 Å². The van der Waals surface area contributed by atoms with E-state index in [2.05, 4.69) is 10.6 Å². The van der Waals surface area contributed by atoms with Gasteiger partial charge in [0.2, 0.25) is 0 Å². The molecule has 0 heterocycles. The number of nitrogens with one attached hydrogen (secondary N) is 2. The molecule has 1 amide bonds. The van der Waals surface area contributed by atoms with Gasteiger partial charge in [-0.3, -0.25) is 10.1 Å². The van der Waals surface area contributed by atoms with Crippen molar-refractivity contribution in [1.82, 2.24) is 5.32 Å². The largest absolute Gasteiger partial charge is 0.506 e. The van der Waals surface area contributed by atoms with Crippen molar-refractivity contribution in [2.75, 3.05) is 18.5 Å². The van der Waals surface area contributed by atoms with E-state index >= 15 is 0 Å². The molecule has 0 bridgehead atoms. The summed E-state index contributed by atoms with van der Waals surface area (Å²) in [5.41, 5.74) is 0.807. The number of anilines is 1. The van der Waals surface area contributed by atoms with Crippen LogP contribution in [0.25, 0.3) is 0 Å². The normalized spacial score (nSPS) is 10.1. The van der Waals surface area contributed by atoms with Crippen LogP contribution in [0.1, 0.15) is 10.4 Å². The molecule has 3 aromatic carbocycles. The van der Waals surface area contributed by atoms with Gasteiger partial charge in [-0.1, -0.05) is 36.4 Å². The topological polar surface area (TPSA) is 79.8 Å². The molecular weight excluding hydrogens is 388 g/mol. The number of aromatic hydroxyl groups is 1. The average Bonchev–Trinajstić information content (AvgIpc) is 2.74. The molecule has 3 rings (SSSR count). The van der Waals surface area contributed by atoms with E-state index in [0.29, 0.717) is 30.2 Å². The maximum absolute atomic E-state index is 12.4. The molecule has 3 N–H and O–H groups in total. The van der Waals surface area contributed by atoms with Crippen LogP contribution in [0.3, 0.4) is 0 Å². The van der Waals surface area contributed by atoms with Crippen LogP contribution < -0.4 is 20.1 Å². The van der Waals surface area contributed by atoms with Gasteiger partial charge < -0.3 is 19.9 Å². The van der Waals surface area contributed by atoms with Gasteiger partial charge in [0.15, 0.2) is 5.11 Å². The highest BCUT2D eigenvalue weighted by Crippen LogP contribution is 2.21. The summed E-state index contributed by atoms with van der Waals surface area (Å²) in [5, 5.41) is 15.2. The quantitative estimate of drug-likeness (QED) is 0.312. The minimum absolute atomic E-state index is 0.0391. The van der Waals surface area contributed by atoms with E-state index in [0.717, 1.165) is 5.75 Å². The molecule has 0 aromatic heterocycles. The number of carbonyl (C=O) groups excluding carboxylic acids is 1. The third-order valence-corrected chi connectivity index (χ3v) is 4.04. The summed E-state index contributed by atoms with van der Waals surface area (Å²) in [5.74, 6) is 0.977. The Kier molecular flexibility index (Phi) is 7.02. The van der Waals surface area contributed by atoms with Crippen LogP contribution in [0.4, 0.5) is 5.69 Å². The van der Waals surface area contributed by atoms with Gasteiger partial charge in [-0.15, -0.1) is 0 Å². The van der Waals surface area contributed by atoms with Gasteiger partial charge in [0, 0.05) is 5.56 Å². The molecule has 0 saturated carbocycles. The summed E-state index contributed by atoms with van der Waals surface area (Å²) in [6, 6.07) is 22.8. The van der Waals surface area contributed by atoms with Crippen molar-refractivity contribution >= 4 is 28.9 Å². The van der Waals surface area contributed by atoms with Crippen molar-refractivity contribution in [2.24, 2.45) is 0 Å². The monoisotopic (exact) mass is 408 g/mol. The van der Waals surface area contributed by atoms with Crippen LogP contribution in [0.15, 0.2) is 78.9 Å². The van der Waals surface area contributed by atoms with Crippen LogP contribution in [0.2, 0.25) is 0 Å². The molecule has 0 saturated heterocycles. The number of thiocarbonyl (C=S) groups is 1. The molecular formula is C22H20N2O4S. The van der Waals surface area contributed by atoms with Crippen molar-refractivity contribution < 1.29 is 19.4 Å². The highest BCUT2D eigenvalue weighted by Gasteiger charge is 2.10. The Bertz CT molecular complexity index is 979. The molecule has 7 heteroatoms. The standard InChI is InChI=1S/C22H20N2O4S/c25-20-12-5-4-11-19(20)23-22(29)24-21(26)16-7-6-10-18(15-16)28-14-13-27-17-8-2-1-3-9-17/h1-12,15,25H,13-14H2,(H2,23,24,26,29). The molecule has 0 unspecified atom stereocenters. The lowest BCUT2D eigenvalue weighted by Gasteiger charge is -2.12.